The lowest BCUT2D eigenvalue weighted by molar-refractivity contribution is -0.119. The van der Waals surface area contributed by atoms with Gasteiger partial charge in [-0.15, -0.1) is 0 Å². The van der Waals surface area contributed by atoms with Gasteiger partial charge in [0.15, 0.2) is 0 Å². The molecule has 18 heavy (non-hydrogen) atoms. The summed E-state index contributed by atoms with van der Waals surface area (Å²) in [5.74, 6) is -1.49. The predicted octanol–water partition coefficient (Wildman–Crippen LogP) is -0.353. The number of aromatic carboxylic acids is 1. The zero-order chi connectivity index (χ0) is 13.5. The number of nitrogens with one attached hydrogen (secondary N) is 3. The van der Waals surface area contributed by atoms with Crippen molar-refractivity contribution < 1.29 is 19.5 Å². The Hall–Kier alpha value is -2.64. The van der Waals surface area contributed by atoms with Crippen LogP contribution in [-0.2, 0) is 4.79 Å². The van der Waals surface area contributed by atoms with Crippen LogP contribution in [0.5, 0.6) is 0 Å². The van der Waals surface area contributed by atoms with Crippen molar-refractivity contribution >= 4 is 23.6 Å². The Labute approximate surface area is 102 Å². The van der Waals surface area contributed by atoms with Gasteiger partial charge < -0.3 is 21.1 Å². The molecular weight excluding hydrogens is 240 g/mol. The second kappa shape index (κ2) is 6.18. The molecule has 0 radical (unpaired) electrons. The minimum atomic E-state index is -1.14. The van der Waals surface area contributed by atoms with Gasteiger partial charge in [-0.2, -0.15) is 0 Å². The lowest BCUT2D eigenvalue weighted by Crippen LogP contribution is -2.37. The fourth-order valence-corrected chi connectivity index (χ4v) is 1.05. The molecule has 4 N–H and O–H groups in total. The summed E-state index contributed by atoms with van der Waals surface area (Å²) in [4.78, 5) is 36.5. The number of hydrogen-bond acceptors (Lipinski definition) is 4. The van der Waals surface area contributed by atoms with Crippen LogP contribution < -0.4 is 16.0 Å². The van der Waals surface area contributed by atoms with Crippen LogP contribution in [0.3, 0.4) is 0 Å². The average Bonchev–Trinajstić information content (AvgIpc) is 2.36. The van der Waals surface area contributed by atoms with E-state index in [9.17, 15) is 14.4 Å². The molecule has 8 nitrogen and oxygen atoms in total. The molecule has 1 aromatic heterocycles. The first-order valence-electron chi connectivity index (χ1n) is 4.96. The SMILES string of the molecule is CNC(=O)CNC(=O)Nc1cncc(C(=O)O)c1. The summed E-state index contributed by atoms with van der Waals surface area (Å²) in [6, 6.07) is 0.636. The minimum Gasteiger partial charge on any atom is -0.478 e. The largest absolute Gasteiger partial charge is 0.478 e. The van der Waals surface area contributed by atoms with Gasteiger partial charge in [-0.05, 0) is 6.07 Å². The molecule has 1 aromatic rings. The number of aromatic nitrogens is 1. The normalized spacial score (nSPS) is 9.39. The fourth-order valence-electron chi connectivity index (χ4n) is 1.05. The highest BCUT2D eigenvalue weighted by Gasteiger charge is 2.07. The second-order valence-electron chi connectivity index (χ2n) is 3.25. The van der Waals surface area contributed by atoms with Crippen molar-refractivity contribution in [3.8, 4) is 0 Å². The molecule has 0 aliphatic rings. The van der Waals surface area contributed by atoms with Gasteiger partial charge in [0.2, 0.25) is 5.91 Å². The molecule has 0 unspecified atom stereocenters. The molecule has 0 atom stereocenters. The maximum atomic E-state index is 11.3. The topological polar surface area (TPSA) is 120 Å². The maximum absolute atomic E-state index is 11.3. The highest BCUT2D eigenvalue weighted by molar-refractivity contribution is 5.94. The van der Waals surface area contributed by atoms with Gasteiger partial charge >= 0.3 is 12.0 Å². The number of urea groups is 1. The summed E-state index contributed by atoms with van der Waals surface area (Å²) >= 11 is 0. The van der Waals surface area contributed by atoms with Crippen molar-refractivity contribution in [2.75, 3.05) is 18.9 Å². The van der Waals surface area contributed by atoms with E-state index in [1.165, 1.54) is 19.3 Å². The summed E-state index contributed by atoms with van der Waals surface area (Å²) in [5, 5.41) is 15.7. The van der Waals surface area contributed by atoms with Gasteiger partial charge in [-0.3, -0.25) is 9.78 Å². The lowest BCUT2D eigenvalue weighted by Gasteiger charge is -2.06. The number of carbonyl (C=O) groups excluding carboxylic acids is 2. The van der Waals surface area contributed by atoms with Crippen molar-refractivity contribution in [3.05, 3.63) is 24.0 Å². The third-order valence-corrected chi connectivity index (χ3v) is 1.93. The zero-order valence-corrected chi connectivity index (χ0v) is 9.56. The Morgan fingerprint density at radius 1 is 1.33 bits per heavy atom. The first kappa shape index (κ1) is 13.4. The molecule has 0 aliphatic heterocycles. The van der Waals surface area contributed by atoms with Gasteiger partial charge in [0.1, 0.15) is 0 Å². The number of carboxylic acids is 1. The Kier molecular flexibility index (Phi) is 4.61. The van der Waals surface area contributed by atoms with E-state index in [1.54, 1.807) is 0 Å². The van der Waals surface area contributed by atoms with Crippen LogP contribution in [0.2, 0.25) is 0 Å². The molecule has 1 heterocycles. The van der Waals surface area contributed by atoms with E-state index >= 15 is 0 Å². The highest BCUT2D eigenvalue weighted by atomic mass is 16.4. The number of nitrogens with zero attached hydrogens (tertiary/aromatic N) is 1. The number of anilines is 1. The summed E-state index contributed by atoms with van der Waals surface area (Å²) in [6.07, 6.45) is 2.46. The summed E-state index contributed by atoms with van der Waals surface area (Å²) in [6.45, 7) is -0.172. The predicted molar refractivity (Wildman–Crippen MR) is 62.3 cm³/mol. The average molecular weight is 252 g/mol. The first-order chi connectivity index (χ1) is 8.52. The van der Waals surface area contributed by atoms with Gasteiger partial charge in [-0.25, -0.2) is 9.59 Å². The van der Waals surface area contributed by atoms with E-state index in [2.05, 4.69) is 20.9 Å². The van der Waals surface area contributed by atoms with Gasteiger partial charge in [0.25, 0.3) is 0 Å². The molecule has 0 aromatic carbocycles. The molecule has 0 spiro atoms. The standard InChI is InChI=1S/C10H12N4O4/c1-11-8(15)5-13-10(18)14-7-2-6(9(16)17)3-12-4-7/h2-4H,5H2,1H3,(H,11,15)(H,16,17)(H2,13,14,18). The van der Waals surface area contributed by atoms with Crippen molar-refractivity contribution in [1.29, 1.82) is 0 Å². The van der Waals surface area contributed by atoms with Crippen LogP contribution in [0, 0.1) is 0 Å². The molecule has 1 rings (SSSR count). The van der Waals surface area contributed by atoms with Gasteiger partial charge in [-0.1, -0.05) is 0 Å². The van der Waals surface area contributed by atoms with E-state index in [4.69, 9.17) is 5.11 Å². The van der Waals surface area contributed by atoms with Crippen LogP contribution in [0.4, 0.5) is 10.5 Å². The van der Waals surface area contributed by atoms with E-state index in [0.717, 1.165) is 6.20 Å². The van der Waals surface area contributed by atoms with Crippen molar-refractivity contribution in [1.82, 2.24) is 15.6 Å². The van der Waals surface area contributed by atoms with Crippen molar-refractivity contribution in [2.45, 2.75) is 0 Å². The van der Waals surface area contributed by atoms with E-state index in [1.807, 2.05) is 0 Å². The third-order valence-electron chi connectivity index (χ3n) is 1.93. The Morgan fingerprint density at radius 3 is 2.67 bits per heavy atom. The molecule has 96 valence electrons. The van der Waals surface area contributed by atoms with Gasteiger partial charge in [0.05, 0.1) is 24.0 Å². The molecule has 8 heteroatoms. The van der Waals surface area contributed by atoms with Crippen LogP contribution in [0.1, 0.15) is 10.4 Å². The molecule has 0 saturated carbocycles. The molecule has 0 saturated heterocycles. The van der Waals surface area contributed by atoms with Crippen LogP contribution in [0.15, 0.2) is 18.5 Å². The van der Waals surface area contributed by atoms with E-state index < -0.39 is 12.0 Å². The molecule has 3 amide bonds. The number of pyridine rings is 1. The lowest BCUT2D eigenvalue weighted by atomic mass is 10.3. The smallest absolute Gasteiger partial charge is 0.337 e. The number of hydrogen-bond donors (Lipinski definition) is 4. The molecule has 0 fully saturated rings. The second-order valence-corrected chi connectivity index (χ2v) is 3.25. The number of carbonyl (C=O) groups is 3. The Morgan fingerprint density at radius 2 is 2.06 bits per heavy atom. The molecular formula is C10H12N4O4. The number of rotatable bonds is 4. The van der Waals surface area contributed by atoms with E-state index in [0.29, 0.717) is 0 Å². The van der Waals surface area contributed by atoms with Gasteiger partial charge in [0, 0.05) is 13.2 Å². The first-order valence-corrected chi connectivity index (χ1v) is 4.96. The van der Waals surface area contributed by atoms with Crippen LogP contribution >= 0.6 is 0 Å². The zero-order valence-electron chi connectivity index (χ0n) is 9.56. The number of amides is 3. The van der Waals surface area contributed by atoms with Crippen LogP contribution in [-0.4, -0.2) is 41.6 Å². The number of likely N-dealkylation sites (N-methyl/N-ethyl adjacent to an activating group) is 1. The Bertz CT molecular complexity index is 475. The quantitative estimate of drug-likeness (QED) is 0.583. The molecule has 0 bridgehead atoms. The Balaban J connectivity index is 2.56. The molecule has 0 aliphatic carbocycles. The minimum absolute atomic E-state index is 0.0425. The van der Waals surface area contributed by atoms with E-state index in [-0.39, 0.29) is 23.7 Å². The summed E-state index contributed by atoms with van der Waals surface area (Å²) in [7, 11) is 1.45. The highest BCUT2D eigenvalue weighted by Crippen LogP contribution is 2.07. The van der Waals surface area contributed by atoms with Crippen LogP contribution in [0.25, 0.3) is 0 Å². The monoisotopic (exact) mass is 252 g/mol. The fraction of sp³-hybridized carbons (Fsp3) is 0.200. The third kappa shape index (κ3) is 4.08. The maximum Gasteiger partial charge on any atom is 0.337 e. The van der Waals surface area contributed by atoms with Crippen molar-refractivity contribution in [3.63, 3.8) is 0 Å². The van der Waals surface area contributed by atoms with Crippen molar-refractivity contribution in [2.24, 2.45) is 0 Å². The summed E-state index contributed by atoms with van der Waals surface area (Å²) < 4.78 is 0. The summed E-state index contributed by atoms with van der Waals surface area (Å²) in [5.41, 5.74) is 0.184. The number of carboxylic acid groups (broad SMARTS) is 1.